The first-order chi connectivity index (χ1) is 9.65. The topological polar surface area (TPSA) is 79.4 Å². The fourth-order valence-corrected chi connectivity index (χ4v) is 1.86. The van der Waals surface area contributed by atoms with Gasteiger partial charge < -0.3 is 15.2 Å². The number of methoxy groups -OCH3 is 2. The molecule has 20 heavy (non-hydrogen) atoms. The number of nitrogens with two attached hydrogens (primary N) is 1. The minimum Gasteiger partial charge on any atom is -0.465 e. The SMILES string of the molecule is COCCn1cc(-c2ccc(C(=O)OC)c(N)c2)cn1. The van der Waals surface area contributed by atoms with Crippen LogP contribution in [-0.4, -0.2) is 36.6 Å². The number of aromatic nitrogens is 2. The van der Waals surface area contributed by atoms with Crippen LogP contribution in [0.25, 0.3) is 11.1 Å². The van der Waals surface area contributed by atoms with Gasteiger partial charge in [0.1, 0.15) is 0 Å². The van der Waals surface area contributed by atoms with Crippen LogP contribution in [0.4, 0.5) is 5.69 Å². The zero-order valence-corrected chi connectivity index (χ0v) is 11.5. The highest BCUT2D eigenvalue weighted by Crippen LogP contribution is 2.24. The van der Waals surface area contributed by atoms with Crippen LogP contribution in [0.5, 0.6) is 0 Å². The number of nitrogen functional groups attached to an aromatic ring is 1. The van der Waals surface area contributed by atoms with Gasteiger partial charge in [0.05, 0.1) is 32.0 Å². The number of esters is 1. The number of nitrogens with zero attached hydrogens (tertiary/aromatic N) is 2. The van der Waals surface area contributed by atoms with E-state index in [0.29, 0.717) is 24.4 Å². The van der Waals surface area contributed by atoms with Gasteiger partial charge >= 0.3 is 5.97 Å². The van der Waals surface area contributed by atoms with E-state index in [1.165, 1.54) is 7.11 Å². The van der Waals surface area contributed by atoms with Crippen molar-refractivity contribution in [2.75, 3.05) is 26.6 Å². The summed E-state index contributed by atoms with van der Waals surface area (Å²) in [6.45, 7) is 1.29. The Labute approximate surface area is 117 Å². The van der Waals surface area contributed by atoms with E-state index in [2.05, 4.69) is 9.84 Å². The van der Waals surface area contributed by atoms with Gasteiger partial charge in [-0.2, -0.15) is 5.10 Å². The summed E-state index contributed by atoms with van der Waals surface area (Å²) in [5, 5.41) is 4.24. The van der Waals surface area contributed by atoms with Crippen LogP contribution in [0.3, 0.4) is 0 Å². The molecule has 2 N–H and O–H groups in total. The van der Waals surface area contributed by atoms with Gasteiger partial charge in [0.2, 0.25) is 0 Å². The Bertz CT molecular complexity index is 607. The molecular weight excluding hydrogens is 258 g/mol. The molecule has 0 saturated heterocycles. The van der Waals surface area contributed by atoms with Crippen LogP contribution in [0, 0.1) is 0 Å². The molecule has 0 aliphatic carbocycles. The fourth-order valence-electron chi connectivity index (χ4n) is 1.86. The molecule has 1 heterocycles. The first-order valence-corrected chi connectivity index (χ1v) is 6.15. The van der Waals surface area contributed by atoms with Crippen molar-refractivity contribution in [3.8, 4) is 11.1 Å². The smallest absolute Gasteiger partial charge is 0.339 e. The maximum absolute atomic E-state index is 11.5. The van der Waals surface area contributed by atoms with Gasteiger partial charge in [0.15, 0.2) is 0 Å². The van der Waals surface area contributed by atoms with E-state index in [4.69, 9.17) is 10.5 Å². The molecule has 0 amide bonds. The summed E-state index contributed by atoms with van der Waals surface area (Å²) in [5.41, 5.74) is 8.46. The molecule has 2 aromatic rings. The molecule has 0 aliphatic heterocycles. The zero-order valence-electron chi connectivity index (χ0n) is 11.5. The van der Waals surface area contributed by atoms with Crippen LogP contribution < -0.4 is 5.73 Å². The number of ether oxygens (including phenoxy) is 2. The average molecular weight is 275 g/mol. The minimum absolute atomic E-state index is 0.364. The third-order valence-corrected chi connectivity index (χ3v) is 2.95. The van der Waals surface area contributed by atoms with Crippen LogP contribution in [-0.2, 0) is 16.0 Å². The third kappa shape index (κ3) is 2.97. The molecular formula is C14H17N3O3. The van der Waals surface area contributed by atoms with Gasteiger partial charge in [-0.15, -0.1) is 0 Å². The Morgan fingerprint density at radius 3 is 2.80 bits per heavy atom. The zero-order chi connectivity index (χ0) is 14.5. The van der Waals surface area contributed by atoms with Gasteiger partial charge in [0, 0.05) is 24.6 Å². The summed E-state index contributed by atoms with van der Waals surface area (Å²) in [5.74, 6) is -0.440. The van der Waals surface area contributed by atoms with Crippen LogP contribution >= 0.6 is 0 Å². The Morgan fingerprint density at radius 1 is 1.35 bits per heavy atom. The summed E-state index contributed by atoms with van der Waals surface area (Å²) in [6, 6.07) is 5.22. The van der Waals surface area contributed by atoms with E-state index in [0.717, 1.165) is 11.1 Å². The molecule has 1 aromatic carbocycles. The van der Waals surface area contributed by atoms with E-state index in [9.17, 15) is 4.79 Å². The number of hydrogen-bond donors (Lipinski definition) is 1. The fraction of sp³-hybridized carbons (Fsp3) is 0.286. The summed E-state index contributed by atoms with van der Waals surface area (Å²) in [7, 11) is 2.98. The lowest BCUT2D eigenvalue weighted by molar-refractivity contribution is 0.0602. The van der Waals surface area contributed by atoms with E-state index in [1.54, 1.807) is 30.1 Å². The first kappa shape index (κ1) is 14.1. The number of anilines is 1. The normalized spacial score (nSPS) is 10.5. The van der Waals surface area contributed by atoms with E-state index in [-0.39, 0.29) is 0 Å². The quantitative estimate of drug-likeness (QED) is 0.661. The van der Waals surface area contributed by atoms with Crippen molar-refractivity contribution in [2.45, 2.75) is 6.54 Å². The number of carbonyl (C=O) groups excluding carboxylic acids is 1. The van der Waals surface area contributed by atoms with Gasteiger partial charge in [-0.1, -0.05) is 6.07 Å². The van der Waals surface area contributed by atoms with Gasteiger partial charge in [-0.3, -0.25) is 4.68 Å². The highest BCUT2D eigenvalue weighted by molar-refractivity contribution is 5.96. The monoisotopic (exact) mass is 275 g/mol. The van der Waals surface area contributed by atoms with Crippen LogP contribution in [0.1, 0.15) is 10.4 Å². The summed E-state index contributed by atoms with van der Waals surface area (Å²) >= 11 is 0. The number of hydrogen-bond acceptors (Lipinski definition) is 5. The van der Waals surface area contributed by atoms with Crippen molar-refractivity contribution >= 4 is 11.7 Å². The molecule has 2 rings (SSSR count). The Morgan fingerprint density at radius 2 is 2.15 bits per heavy atom. The van der Waals surface area contributed by atoms with Gasteiger partial charge in [-0.25, -0.2) is 4.79 Å². The van der Waals surface area contributed by atoms with Crippen molar-refractivity contribution in [1.82, 2.24) is 9.78 Å². The molecule has 0 atom stereocenters. The molecule has 6 heteroatoms. The molecule has 106 valence electrons. The maximum Gasteiger partial charge on any atom is 0.339 e. The second kappa shape index (κ2) is 6.21. The molecule has 0 spiro atoms. The Hall–Kier alpha value is -2.34. The average Bonchev–Trinajstić information content (AvgIpc) is 2.93. The van der Waals surface area contributed by atoms with Crippen molar-refractivity contribution < 1.29 is 14.3 Å². The molecule has 0 unspecified atom stereocenters. The van der Waals surface area contributed by atoms with Crippen molar-refractivity contribution in [1.29, 1.82) is 0 Å². The summed E-state index contributed by atoms with van der Waals surface area (Å²) in [4.78, 5) is 11.5. The maximum atomic E-state index is 11.5. The number of benzene rings is 1. The van der Waals surface area contributed by atoms with Crippen molar-refractivity contribution in [3.63, 3.8) is 0 Å². The third-order valence-electron chi connectivity index (χ3n) is 2.95. The van der Waals surface area contributed by atoms with E-state index in [1.807, 2.05) is 12.3 Å². The first-order valence-electron chi connectivity index (χ1n) is 6.15. The second-order valence-corrected chi connectivity index (χ2v) is 4.28. The number of rotatable bonds is 5. The summed E-state index contributed by atoms with van der Waals surface area (Å²) in [6.07, 6.45) is 3.66. The van der Waals surface area contributed by atoms with Gasteiger partial charge in [0.25, 0.3) is 0 Å². The Balaban J connectivity index is 2.23. The lowest BCUT2D eigenvalue weighted by Crippen LogP contribution is -2.05. The van der Waals surface area contributed by atoms with Crippen LogP contribution in [0.15, 0.2) is 30.6 Å². The molecule has 0 bridgehead atoms. The summed E-state index contributed by atoms with van der Waals surface area (Å²) < 4.78 is 11.5. The largest absolute Gasteiger partial charge is 0.465 e. The van der Waals surface area contributed by atoms with E-state index >= 15 is 0 Å². The highest BCUT2D eigenvalue weighted by atomic mass is 16.5. The molecule has 1 aromatic heterocycles. The lowest BCUT2D eigenvalue weighted by atomic mass is 10.1. The Kier molecular flexibility index (Phi) is 4.37. The molecule has 6 nitrogen and oxygen atoms in total. The molecule has 0 radical (unpaired) electrons. The minimum atomic E-state index is -0.440. The predicted molar refractivity (Wildman–Crippen MR) is 75.3 cm³/mol. The predicted octanol–water partition coefficient (Wildman–Crippen LogP) is 1.57. The van der Waals surface area contributed by atoms with Crippen molar-refractivity contribution in [2.24, 2.45) is 0 Å². The van der Waals surface area contributed by atoms with Gasteiger partial charge in [-0.05, 0) is 17.7 Å². The molecule has 0 saturated carbocycles. The second-order valence-electron chi connectivity index (χ2n) is 4.28. The molecule has 0 aliphatic rings. The number of carbonyl (C=O) groups is 1. The molecule has 0 fully saturated rings. The van der Waals surface area contributed by atoms with Crippen LogP contribution in [0.2, 0.25) is 0 Å². The van der Waals surface area contributed by atoms with Crippen molar-refractivity contribution in [3.05, 3.63) is 36.2 Å². The lowest BCUT2D eigenvalue weighted by Gasteiger charge is -2.05. The van der Waals surface area contributed by atoms with E-state index < -0.39 is 5.97 Å². The standard InChI is InChI=1S/C14H17N3O3/c1-19-6-5-17-9-11(8-16-17)10-3-4-12(13(15)7-10)14(18)20-2/h3-4,7-9H,5-6,15H2,1-2H3. The highest BCUT2D eigenvalue weighted by Gasteiger charge is 2.11.